The van der Waals surface area contributed by atoms with Gasteiger partial charge in [-0.2, -0.15) is 18.2 Å². The van der Waals surface area contributed by atoms with Gasteiger partial charge >= 0.3 is 6.18 Å². The van der Waals surface area contributed by atoms with E-state index in [4.69, 9.17) is 0 Å². The number of pyridine rings is 2. The van der Waals surface area contributed by atoms with Gasteiger partial charge in [-0.25, -0.2) is 18.7 Å². The predicted octanol–water partition coefficient (Wildman–Crippen LogP) is 4.47. The minimum atomic E-state index is -4.52. The van der Waals surface area contributed by atoms with Gasteiger partial charge in [0.2, 0.25) is 5.95 Å². The van der Waals surface area contributed by atoms with Crippen LogP contribution in [-0.2, 0) is 12.7 Å². The number of aromatic nitrogens is 4. The maximum Gasteiger partial charge on any atom is 0.416 e. The summed E-state index contributed by atoms with van der Waals surface area (Å²) in [6, 6.07) is 9.13. The van der Waals surface area contributed by atoms with Crippen LogP contribution < -0.4 is 10.2 Å². The largest absolute Gasteiger partial charge is 0.416 e. The molecule has 5 rings (SSSR count). The zero-order valence-electron chi connectivity index (χ0n) is 18.5. The van der Waals surface area contributed by atoms with E-state index in [1.807, 2.05) is 18.2 Å². The molecular formula is C23H22F5N7. The molecule has 2 aliphatic heterocycles. The summed E-state index contributed by atoms with van der Waals surface area (Å²) in [7, 11) is 0. The van der Waals surface area contributed by atoms with Gasteiger partial charge in [0.25, 0.3) is 5.92 Å². The van der Waals surface area contributed by atoms with Crippen molar-refractivity contribution in [3.63, 3.8) is 0 Å². The van der Waals surface area contributed by atoms with E-state index in [9.17, 15) is 22.0 Å². The van der Waals surface area contributed by atoms with E-state index in [0.29, 0.717) is 18.8 Å². The second-order valence-electron chi connectivity index (χ2n) is 8.78. The number of anilines is 3. The highest BCUT2D eigenvalue weighted by atomic mass is 19.4. The average molecular weight is 491 g/mol. The first-order valence-corrected chi connectivity index (χ1v) is 11.1. The number of rotatable bonds is 6. The number of hydrogen-bond acceptors (Lipinski definition) is 7. The molecule has 7 nitrogen and oxygen atoms in total. The van der Waals surface area contributed by atoms with Gasteiger partial charge in [0.1, 0.15) is 11.6 Å². The number of likely N-dealkylation sites (tertiary alicyclic amines) is 1. The standard InChI is InChI=1S/C23H22F5N7/c24-22(25)13-35(14-22)21-31-18(15-5-8-34(11-15)12-17-3-1-2-6-29-17)10-20(33-21)32-19-9-16(4-7-30-19)23(26,27)28/h1-4,6-7,9-10,15H,5,8,11-14H2,(H,30,31,32,33). The van der Waals surface area contributed by atoms with Crippen molar-refractivity contribution in [2.24, 2.45) is 0 Å². The molecule has 1 atom stereocenters. The van der Waals surface area contributed by atoms with E-state index in [1.165, 1.54) is 4.90 Å². The summed E-state index contributed by atoms with van der Waals surface area (Å²) in [5, 5.41) is 2.80. The smallest absolute Gasteiger partial charge is 0.329 e. The molecule has 0 radical (unpaired) electrons. The molecule has 0 aromatic carbocycles. The summed E-state index contributed by atoms with van der Waals surface area (Å²) < 4.78 is 66.3. The van der Waals surface area contributed by atoms with Crippen LogP contribution in [0.1, 0.15) is 29.3 Å². The van der Waals surface area contributed by atoms with Crippen molar-refractivity contribution < 1.29 is 22.0 Å². The van der Waals surface area contributed by atoms with Crippen molar-refractivity contribution in [3.05, 3.63) is 65.7 Å². The molecule has 0 saturated carbocycles. The Morgan fingerprint density at radius 2 is 1.83 bits per heavy atom. The molecule has 1 unspecified atom stereocenters. The van der Waals surface area contributed by atoms with E-state index in [1.54, 1.807) is 12.3 Å². The normalized spacial score (nSPS) is 20.0. The van der Waals surface area contributed by atoms with Gasteiger partial charge in [0.05, 0.1) is 30.0 Å². The van der Waals surface area contributed by atoms with Gasteiger partial charge < -0.3 is 10.2 Å². The van der Waals surface area contributed by atoms with Crippen molar-refractivity contribution in [3.8, 4) is 0 Å². The third kappa shape index (κ3) is 5.47. The zero-order valence-corrected chi connectivity index (χ0v) is 18.5. The lowest BCUT2D eigenvalue weighted by Gasteiger charge is -2.38. The topological polar surface area (TPSA) is 70.1 Å². The quantitative estimate of drug-likeness (QED) is 0.510. The first-order valence-electron chi connectivity index (χ1n) is 11.1. The Morgan fingerprint density at radius 3 is 2.54 bits per heavy atom. The van der Waals surface area contributed by atoms with Crippen LogP contribution in [0.3, 0.4) is 0 Å². The summed E-state index contributed by atoms with van der Waals surface area (Å²) in [4.78, 5) is 20.7. The fourth-order valence-electron chi connectivity index (χ4n) is 4.27. The molecule has 1 N–H and O–H groups in total. The lowest BCUT2D eigenvalue weighted by Crippen LogP contribution is -2.57. The number of alkyl halides is 5. The maximum absolute atomic E-state index is 13.5. The van der Waals surface area contributed by atoms with Crippen LogP contribution in [0.5, 0.6) is 0 Å². The monoisotopic (exact) mass is 491 g/mol. The van der Waals surface area contributed by atoms with Gasteiger partial charge in [-0.3, -0.25) is 9.88 Å². The van der Waals surface area contributed by atoms with E-state index < -0.39 is 30.8 Å². The molecule has 184 valence electrons. The van der Waals surface area contributed by atoms with Crippen LogP contribution in [0.15, 0.2) is 48.8 Å². The Kier molecular flexibility index (Phi) is 5.99. The van der Waals surface area contributed by atoms with Gasteiger partial charge in [0, 0.05) is 37.5 Å². The Balaban J connectivity index is 1.38. The highest BCUT2D eigenvalue weighted by Crippen LogP contribution is 2.35. The van der Waals surface area contributed by atoms with Crippen LogP contribution in [0, 0.1) is 0 Å². The van der Waals surface area contributed by atoms with Crippen LogP contribution >= 0.6 is 0 Å². The fourth-order valence-corrected chi connectivity index (χ4v) is 4.27. The van der Waals surface area contributed by atoms with Crippen LogP contribution in [0.4, 0.5) is 39.5 Å². The Hall–Kier alpha value is -3.41. The summed E-state index contributed by atoms with van der Waals surface area (Å²) >= 11 is 0. The van der Waals surface area contributed by atoms with Crippen LogP contribution in [0.2, 0.25) is 0 Å². The number of nitrogens with one attached hydrogen (secondary N) is 1. The summed E-state index contributed by atoms with van der Waals surface area (Å²) in [5.74, 6) is -2.53. The van der Waals surface area contributed by atoms with E-state index >= 15 is 0 Å². The van der Waals surface area contributed by atoms with Gasteiger partial charge in [-0.1, -0.05) is 6.07 Å². The predicted molar refractivity (Wildman–Crippen MR) is 119 cm³/mol. The summed E-state index contributed by atoms with van der Waals surface area (Å²) in [5.41, 5.74) is 0.730. The molecule has 3 aromatic rings. The Morgan fingerprint density at radius 1 is 1.00 bits per heavy atom. The third-order valence-corrected chi connectivity index (χ3v) is 6.01. The minimum Gasteiger partial charge on any atom is -0.329 e. The molecule has 0 aliphatic carbocycles. The molecule has 3 aromatic heterocycles. The summed E-state index contributed by atoms with van der Waals surface area (Å²) in [6.07, 6.45) is -0.939. The van der Waals surface area contributed by atoms with Crippen molar-refractivity contribution in [1.29, 1.82) is 0 Å². The maximum atomic E-state index is 13.5. The second-order valence-corrected chi connectivity index (χ2v) is 8.78. The van der Waals surface area contributed by atoms with Gasteiger partial charge in [0.15, 0.2) is 0 Å². The molecule has 2 saturated heterocycles. The molecule has 2 aliphatic rings. The first kappa shape index (κ1) is 23.3. The molecule has 12 heteroatoms. The van der Waals surface area contributed by atoms with Crippen molar-refractivity contribution in [2.45, 2.75) is 31.0 Å². The molecule has 5 heterocycles. The van der Waals surface area contributed by atoms with Crippen molar-refractivity contribution in [1.82, 2.24) is 24.8 Å². The highest BCUT2D eigenvalue weighted by Gasteiger charge is 2.45. The number of nitrogens with zero attached hydrogens (tertiary/aromatic N) is 6. The lowest BCUT2D eigenvalue weighted by atomic mass is 10.0. The average Bonchev–Trinajstić information content (AvgIpc) is 3.26. The fraction of sp³-hybridized carbons (Fsp3) is 0.391. The van der Waals surface area contributed by atoms with Gasteiger partial charge in [-0.15, -0.1) is 0 Å². The SMILES string of the molecule is FC1(F)CN(c2nc(Nc3cc(C(F)(F)F)ccn3)cc(C3CCN(Cc4ccccn4)C3)n2)C1. The van der Waals surface area contributed by atoms with Gasteiger partial charge in [-0.05, 0) is 37.2 Å². The molecule has 35 heavy (non-hydrogen) atoms. The zero-order chi connectivity index (χ0) is 24.6. The molecule has 0 amide bonds. The number of hydrogen-bond donors (Lipinski definition) is 1. The summed E-state index contributed by atoms with van der Waals surface area (Å²) in [6.45, 7) is 1.15. The van der Waals surface area contributed by atoms with E-state index in [-0.39, 0.29) is 23.5 Å². The molecule has 2 fully saturated rings. The van der Waals surface area contributed by atoms with E-state index in [2.05, 4.69) is 30.2 Å². The molecular weight excluding hydrogens is 469 g/mol. The van der Waals surface area contributed by atoms with Crippen molar-refractivity contribution in [2.75, 3.05) is 36.4 Å². The highest BCUT2D eigenvalue weighted by molar-refractivity contribution is 5.56. The molecule has 0 bridgehead atoms. The van der Waals surface area contributed by atoms with Crippen molar-refractivity contribution >= 4 is 17.6 Å². The lowest BCUT2D eigenvalue weighted by molar-refractivity contribution is -0.137. The van der Waals surface area contributed by atoms with Crippen LogP contribution in [-0.4, -0.2) is 56.9 Å². The number of halogens is 5. The Labute approximate surface area is 198 Å². The van der Waals surface area contributed by atoms with E-state index in [0.717, 1.165) is 37.0 Å². The first-order chi connectivity index (χ1) is 16.6. The van der Waals surface area contributed by atoms with Crippen LogP contribution in [0.25, 0.3) is 0 Å². The Bertz CT molecular complexity index is 1180. The second kappa shape index (κ2) is 8.99. The minimum absolute atomic E-state index is 0.0114. The molecule has 0 spiro atoms. The third-order valence-electron chi connectivity index (χ3n) is 6.01.